The molecule has 0 bridgehead atoms. The average Bonchev–Trinajstić information content (AvgIpc) is 3.14. The van der Waals surface area contributed by atoms with Gasteiger partial charge in [-0.15, -0.1) is 0 Å². The summed E-state index contributed by atoms with van der Waals surface area (Å²) in [4.78, 5) is 40.5. The third kappa shape index (κ3) is 4.50. The fourth-order valence-electron chi connectivity index (χ4n) is 4.16. The number of benzene rings is 3. The van der Waals surface area contributed by atoms with Crippen molar-refractivity contribution in [2.24, 2.45) is 0 Å². The minimum absolute atomic E-state index is 0.0705. The van der Waals surface area contributed by atoms with Crippen molar-refractivity contribution < 1.29 is 24.4 Å². The molecule has 1 aliphatic heterocycles. The summed E-state index contributed by atoms with van der Waals surface area (Å²) in [5, 5.41) is 22.5. The van der Waals surface area contributed by atoms with Crippen LogP contribution in [0.2, 0.25) is 0 Å². The number of ether oxygens (including phenoxy) is 1. The summed E-state index contributed by atoms with van der Waals surface area (Å²) >= 11 is 0. The van der Waals surface area contributed by atoms with Crippen LogP contribution < -0.4 is 14.5 Å². The molecule has 1 aliphatic rings. The number of rotatable bonds is 7. The van der Waals surface area contributed by atoms with Gasteiger partial charge in [-0.2, -0.15) is 0 Å². The van der Waals surface area contributed by atoms with Crippen LogP contribution in [0.1, 0.15) is 24.1 Å². The van der Waals surface area contributed by atoms with Crippen molar-refractivity contribution in [1.82, 2.24) is 0 Å². The maximum Gasteiger partial charge on any atom is 0.300 e. The van der Waals surface area contributed by atoms with Gasteiger partial charge in [-0.1, -0.05) is 24.3 Å². The van der Waals surface area contributed by atoms with Crippen LogP contribution in [-0.4, -0.2) is 42.4 Å². The standard InChI is InChI=1S/C27H25N3O6/c1-4-36-22-14-8-17(9-15-22)24-23(25(31)18-6-5-7-21(16-18)30(34)35)26(32)27(33)29(24)20-12-10-19(11-13-20)28(2)3/h5-16,24,31H,4H2,1-3H3/b25-23-. The lowest BCUT2D eigenvalue weighted by atomic mass is 9.95. The van der Waals surface area contributed by atoms with Gasteiger partial charge in [0.25, 0.3) is 17.4 Å². The number of carbonyl (C=O) groups is 2. The number of Topliss-reactive ketones (excluding diaryl/α,β-unsaturated/α-hetero) is 1. The first-order chi connectivity index (χ1) is 17.2. The van der Waals surface area contributed by atoms with Crippen molar-refractivity contribution in [2.75, 3.05) is 30.5 Å². The Bertz CT molecular complexity index is 1350. The van der Waals surface area contributed by atoms with Gasteiger partial charge in [0.2, 0.25) is 0 Å². The number of nitro groups is 1. The third-order valence-corrected chi connectivity index (χ3v) is 5.93. The summed E-state index contributed by atoms with van der Waals surface area (Å²) < 4.78 is 5.51. The molecule has 0 radical (unpaired) electrons. The number of aliphatic hydroxyl groups is 1. The lowest BCUT2D eigenvalue weighted by molar-refractivity contribution is -0.384. The van der Waals surface area contributed by atoms with E-state index in [0.717, 1.165) is 5.69 Å². The Morgan fingerprint density at radius 2 is 1.72 bits per heavy atom. The van der Waals surface area contributed by atoms with Crippen LogP contribution in [-0.2, 0) is 9.59 Å². The fraction of sp³-hybridized carbons (Fsp3) is 0.185. The molecule has 1 heterocycles. The topological polar surface area (TPSA) is 113 Å². The highest BCUT2D eigenvalue weighted by atomic mass is 16.6. The zero-order valence-corrected chi connectivity index (χ0v) is 20.0. The summed E-state index contributed by atoms with van der Waals surface area (Å²) in [5.74, 6) is -1.55. The molecule has 1 atom stereocenters. The summed E-state index contributed by atoms with van der Waals surface area (Å²) in [7, 11) is 3.78. The van der Waals surface area contributed by atoms with Crippen molar-refractivity contribution in [3.8, 4) is 5.75 Å². The fourth-order valence-corrected chi connectivity index (χ4v) is 4.16. The van der Waals surface area contributed by atoms with E-state index in [9.17, 15) is 24.8 Å². The van der Waals surface area contributed by atoms with E-state index in [0.29, 0.717) is 23.6 Å². The minimum atomic E-state index is -0.954. The first kappa shape index (κ1) is 24.5. The summed E-state index contributed by atoms with van der Waals surface area (Å²) in [6.45, 7) is 2.34. The molecule has 3 aromatic carbocycles. The molecule has 1 unspecified atom stereocenters. The van der Waals surface area contributed by atoms with Crippen molar-refractivity contribution in [3.63, 3.8) is 0 Å². The van der Waals surface area contributed by atoms with Gasteiger partial charge in [-0.3, -0.25) is 24.6 Å². The first-order valence-electron chi connectivity index (χ1n) is 11.3. The Balaban J connectivity index is 1.90. The summed E-state index contributed by atoms with van der Waals surface area (Å²) in [6, 6.07) is 18.4. The summed E-state index contributed by atoms with van der Waals surface area (Å²) in [5.41, 5.74) is 1.62. The molecule has 1 amide bonds. The van der Waals surface area contributed by atoms with Crippen LogP contribution in [0.3, 0.4) is 0 Å². The highest BCUT2D eigenvalue weighted by Crippen LogP contribution is 2.43. The van der Waals surface area contributed by atoms with E-state index in [1.807, 2.05) is 38.1 Å². The maximum absolute atomic E-state index is 13.3. The van der Waals surface area contributed by atoms with Gasteiger partial charge in [-0.25, -0.2) is 0 Å². The van der Waals surface area contributed by atoms with E-state index in [4.69, 9.17) is 4.74 Å². The van der Waals surface area contributed by atoms with E-state index < -0.39 is 28.4 Å². The van der Waals surface area contributed by atoms with Gasteiger partial charge >= 0.3 is 0 Å². The molecule has 9 nitrogen and oxygen atoms in total. The quantitative estimate of drug-likeness (QED) is 0.169. The molecule has 0 saturated carbocycles. The molecule has 1 N–H and O–H groups in total. The number of hydrogen-bond donors (Lipinski definition) is 1. The normalized spacial score (nSPS) is 16.8. The minimum Gasteiger partial charge on any atom is -0.507 e. The Labute approximate surface area is 208 Å². The van der Waals surface area contributed by atoms with E-state index in [1.165, 1.54) is 29.2 Å². The molecule has 184 valence electrons. The van der Waals surface area contributed by atoms with Gasteiger partial charge in [0.1, 0.15) is 11.5 Å². The number of nitrogens with zero attached hydrogens (tertiary/aromatic N) is 3. The maximum atomic E-state index is 13.3. The Hall–Kier alpha value is -4.66. The van der Waals surface area contributed by atoms with Crippen LogP contribution >= 0.6 is 0 Å². The zero-order valence-electron chi connectivity index (χ0n) is 20.0. The highest BCUT2D eigenvalue weighted by molar-refractivity contribution is 6.51. The monoisotopic (exact) mass is 487 g/mol. The zero-order chi connectivity index (χ0) is 26.0. The number of amides is 1. The average molecular weight is 488 g/mol. The number of ketones is 1. The lowest BCUT2D eigenvalue weighted by Crippen LogP contribution is -2.29. The van der Waals surface area contributed by atoms with Crippen molar-refractivity contribution in [2.45, 2.75) is 13.0 Å². The number of anilines is 2. The Kier molecular flexibility index (Phi) is 6.73. The number of nitro benzene ring substituents is 1. The van der Waals surface area contributed by atoms with Crippen molar-refractivity contribution >= 4 is 34.5 Å². The van der Waals surface area contributed by atoms with E-state index in [2.05, 4.69) is 0 Å². The van der Waals surface area contributed by atoms with Crippen LogP contribution in [0.25, 0.3) is 5.76 Å². The molecule has 1 fully saturated rings. The molecule has 3 aromatic rings. The third-order valence-electron chi connectivity index (χ3n) is 5.93. The van der Waals surface area contributed by atoms with Gasteiger partial charge in [0, 0.05) is 43.2 Å². The predicted octanol–water partition coefficient (Wildman–Crippen LogP) is 4.69. The highest BCUT2D eigenvalue weighted by Gasteiger charge is 2.47. The number of aliphatic hydroxyl groups excluding tert-OH is 1. The molecule has 1 saturated heterocycles. The van der Waals surface area contributed by atoms with Crippen LogP contribution in [0, 0.1) is 10.1 Å². The lowest BCUT2D eigenvalue weighted by Gasteiger charge is -2.26. The predicted molar refractivity (Wildman–Crippen MR) is 136 cm³/mol. The molecule has 0 spiro atoms. The van der Waals surface area contributed by atoms with Gasteiger partial charge in [0.05, 0.1) is 23.1 Å². The second-order valence-corrected chi connectivity index (χ2v) is 8.39. The van der Waals surface area contributed by atoms with Crippen LogP contribution in [0.5, 0.6) is 5.75 Å². The van der Waals surface area contributed by atoms with E-state index in [1.54, 1.807) is 36.4 Å². The molecular formula is C27H25N3O6. The van der Waals surface area contributed by atoms with Crippen LogP contribution in [0.4, 0.5) is 17.1 Å². The molecule has 0 aromatic heterocycles. The molecular weight excluding hydrogens is 462 g/mol. The second kappa shape index (κ2) is 9.91. The SMILES string of the molecule is CCOc1ccc(C2/C(=C(/O)c3cccc([N+](=O)[O-])c3)C(=O)C(=O)N2c2ccc(N(C)C)cc2)cc1. The van der Waals surface area contributed by atoms with E-state index >= 15 is 0 Å². The number of non-ortho nitro benzene ring substituents is 1. The largest absolute Gasteiger partial charge is 0.507 e. The number of carbonyl (C=O) groups excluding carboxylic acids is 2. The molecule has 4 rings (SSSR count). The van der Waals surface area contributed by atoms with Gasteiger partial charge in [-0.05, 0) is 48.9 Å². The number of hydrogen-bond acceptors (Lipinski definition) is 7. The van der Waals surface area contributed by atoms with Crippen LogP contribution in [0.15, 0.2) is 78.4 Å². The van der Waals surface area contributed by atoms with Crippen molar-refractivity contribution in [3.05, 3.63) is 99.6 Å². The first-order valence-corrected chi connectivity index (χ1v) is 11.3. The summed E-state index contributed by atoms with van der Waals surface area (Å²) in [6.07, 6.45) is 0. The second-order valence-electron chi connectivity index (χ2n) is 8.39. The molecule has 9 heteroatoms. The molecule has 0 aliphatic carbocycles. The Morgan fingerprint density at radius 1 is 1.06 bits per heavy atom. The Morgan fingerprint density at radius 3 is 2.31 bits per heavy atom. The van der Waals surface area contributed by atoms with Gasteiger partial charge < -0.3 is 14.7 Å². The molecule has 36 heavy (non-hydrogen) atoms. The van der Waals surface area contributed by atoms with E-state index in [-0.39, 0.29) is 16.8 Å². The smallest absolute Gasteiger partial charge is 0.300 e. The van der Waals surface area contributed by atoms with Crippen molar-refractivity contribution in [1.29, 1.82) is 0 Å². The van der Waals surface area contributed by atoms with Gasteiger partial charge in [0.15, 0.2) is 0 Å².